The number of rotatable bonds is 23. The molecule has 0 aliphatic heterocycles. The molecule has 5 rings (SSSR count). The van der Waals surface area contributed by atoms with Gasteiger partial charge in [-0.15, -0.1) is 0 Å². The van der Waals surface area contributed by atoms with Crippen molar-refractivity contribution in [3.05, 3.63) is 77.1 Å². The Morgan fingerprint density at radius 2 is 1.72 bits per heavy atom. The Morgan fingerprint density at radius 1 is 0.982 bits per heavy atom. The SMILES string of the molecule is CCNC(=O)C(CCCCNS(=O)(=O)c1ccc(COC2(c3cnccc3-c3ccccc3OC3CC3)CC2)c(Cl)c1)NC(=O)NCC(O)C(O)C(O)C(O)CO. The predicted molar refractivity (Wildman–Crippen MR) is 210 cm³/mol. The Labute approximate surface area is 337 Å². The number of benzene rings is 2. The van der Waals surface area contributed by atoms with Crippen LogP contribution in [-0.4, -0.2) is 114 Å². The molecule has 2 aliphatic carbocycles. The summed E-state index contributed by atoms with van der Waals surface area (Å²) >= 11 is 6.60. The lowest BCUT2D eigenvalue weighted by atomic mass is 9.96. The van der Waals surface area contributed by atoms with Crippen LogP contribution in [0, 0.1) is 0 Å². The van der Waals surface area contributed by atoms with Crippen LogP contribution in [0.2, 0.25) is 5.02 Å². The summed E-state index contributed by atoms with van der Waals surface area (Å²) in [6.45, 7) is 0.794. The van der Waals surface area contributed by atoms with Crippen LogP contribution in [0.15, 0.2) is 65.8 Å². The summed E-state index contributed by atoms with van der Waals surface area (Å²) in [5.74, 6) is 0.346. The van der Waals surface area contributed by atoms with Gasteiger partial charge in [-0.05, 0) is 87.3 Å². The van der Waals surface area contributed by atoms with Crippen LogP contribution in [0.3, 0.4) is 0 Å². The molecule has 9 N–H and O–H groups in total. The van der Waals surface area contributed by atoms with Crippen molar-refractivity contribution in [2.75, 3.05) is 26.2 Å². The molecular weight excluding hydrogens is 782 g/mol. The van der Waals surface area contributed by atoms with E-state index in [1.165, 1.54) is 12.1 Å². The summed E-state index contributed by atoms with van der Waals surface area (Å²) in [5, 5.41) is 55.7. The molecule has 2 aromatic carbocycles. The van der Waals surface area contributed by atoms with Crippen LogP contribution >= 0.6 is 11.6 Å². The number of aliphatic hydroxyl groups excluding tert-OH is 5. The number of aromatic nitrogens is 1. The van der Waals surface area contributed by atoms with Crippen molar-refractivity contribution < 1.29 is 53.0 Å². The largest absolute Gasteiger partial charge is 0.490 e. The normalized spacial score (nSPS) is 17.5. The number of para-hydroxylation sites is 1. The molecule has 2 saturated carbocycles. The Bertz CT molecular complexity index is 1930. The smallest absolute Gasteiger partial charge is 0.315 e. The molecule has 1 heterocycles. The van der Waals surface area contributed by atoms with E-state index < -0.39 is 71.2 Å². The minimum atomic E-state index is -3.94. The highest BCUT2D eigenvalue weighted by atomic mass is 35.5. The summed E-state index contributed by atoms with van der Waals surface area (Å²) in [6, 6.07) is 12.5. The number of likely N-dealkylation sites (N-methyl/N-ethyl adjacent to an activating group) is 1. The molecule has 1 aromatic heterocycles. The van der Waals surface area contributed by atoms with Crippen LogP contribution in [-0.2, 0) is 31.8 Å². The van der Waals surface area contributed by atoms with Crippen molar-refractivity contribution in [3.8, 4) is 16.9 Å². The first-order chi connectivity index (χ1) is 27.3. The number of hydrogen-bond acceptors (Lipinski definition) is 12. The number of amides is 3. The van der Waals surface area contributed by atoms with Gasteiger partial charge in [0.25, 0.3) is 0 Å². The molecule has 3 amide bonds. The zero-order chi connectivity index (χ0) is 41.2. The number of sulfonamides is 1. The lowest BCUT2D eigenvalue weighted by Crippen LogP contribution is -2.53. The highest BCUT2D eigenvalue weighted by Crippen LogP contribution is 2.53. The standard InChI is InChI=1S/C39H52ClN5O11S/c1-2-42-37(51)31(45-38(52)43-21-32(47)35(49)36(50)33(48)22-46)8-5-6-17-44-57(53,54)26-13-10-24(30(40)19-26)23-55-39(15-16-39)29-20-41-18-14-27(29)28-7-3-4-9-34(28)56-25-11-12-25/h3-4,7,9-10,13-14,18-20,25,31-33,35-36,44,46-50H,2,5-6,8,11-12,15-17,21-23H2,1H3,(H,42,51)(H2,43,45,52). The fraction of sp³-hybridized carbons (Fsp3) is 0.513. The molecule has 2 fully saturated rings. The highest BCUT2D eigenvalue weighted by molar-refractivity contribution is 7.89. The summed E-state index contributed by atoms with van der Waals surface area (Å²) in [5.41, 5.74) is 2.98. The molecule has 0 radical (unpaired) electrons. The summed E-state index contributed by atoms with van der Waals surface area (Å²) in [4.78, 5) is 29.5. The molecule has 5 atom stereocenters. The highest BCUT2D eigenvalue weighted by Gasteiger charge is 2.48. The van der Waals surface area contributed by atoms with Gasteiger partial charge in [0.15, 0.2) is 0 Å². The lowest BCUT2D eigenvalue weighted by Gasteiger charge is -2.26. The number of pyridine rings is 1. The third kappa shape index (κ3) is 12.1. The molecule has 16 nitrogen and oxygen atoms in total. The molecule has 3 aromatic rings. The van der Waals surface area contributed by atoms with Gasteiger partial charge < -0.3 is 51.0 Å². The molecule has 312 valence electrons. The zero-order valence-electron chi connectivity index (χ0n) is 31.6. The van der Waals surface area contributed by atoms with Crippen LogP contribution in [0.1, 0.15) is 63.0 Å². The predicted octanol–water partition coefficient (Wildman–Crippen LogP) is 1.84. The van der Waals surface area contributed by atoms with Crippen LogP contribution in [0.4, 0.5) is 4.79 Å². The van der Waals surface area contributed by atoms with Crippen molar-refractivity contribution in [2.24, 2.45) is 0 Å². The number of hydrogen-bond donors (Lipinski definition) is 9. The molecule has 5 unspecified atom stereocenters. The van der Waals surface area contributed by atoms with E-state index in [1.54, 1.807) is 19.2 Å². The van der Waals surface area contributed by atoms with Crippen molar-refractivity contribution >= 4 is 33.6 Å². The second-order valence-corrected chi connectivity index (χ2v) is 16.4. The van der Waals surface area contributed by atoms with E-state index >= 15 is 0 Å². The first kappa shape index (κ1) is 44.2. The number of halogens is 1. The Balaban J connectivity index is 1.11. The molecule has 0 bridgehead atoms. The van der Waals surface area contributed by atoms with E-state index in [-0.39, 0.29) is 35.6 Å². The average Bonchev–Trinajstić information content (AvgIpc) is 4.16. The zero-order valence-corrected chi connectivity index (χ0v) is 33.2. The van der Waals surface area contributed by atoms with Crippen molar-refractivity contribution in [2.45, 2.75) is 106 Å². The fourth-order valence-corrected chi connectivity index (χ4v) is 7.60. The number of nitrogens with zero attached hydrogens (tertiary/aromatic N) is 1. The maximum Gasteiger partial charge on any atom is 0.315 e. The van der Waals surface area contributed by atoms with Gasteiger partial charge in [0.1, 0.15) is 30.1 Å². The van der Waals surface area contributed by atoms with Crippen molar-refractivity contribution in [1.29, 1.82) is 0 Å². The number of urea groups is 1. The number of carbonyl (C=O) groups excluding carboxylic acids is 2. The van der Waals surface area contributed by atoms with Gasteiger partial charge in [-0.2, -0.15) is 0 Å². The third-order valence-electron chi connectivity index (χ3n) is 9.83. The summed E-state index contributed by atoms with van der Waals surface area (Å²) < 4.78 is 41.6. The minimum Gasteiger partial charge on any atom is -0.490 e. The molecule has 2 aliphatic rings. The molecule has 18 heteroatoms. The van der Waals surface area contributed by atoms with E-state index in [0.717, 1.165) is 48.1 Å². The monoisotopic (exact) mass is 833 g/mol. The van der Waals surface area contributed by atoms with Crippen molar-refractivity contribution in [3.63, 3.8) is 0 Å². The average molecular weight is 834 g/mol. The Morgan fingerprint density at radius 3 is 2.40 bits per heavy atom. The van der Waals surface area contributed by atoms with E-state index in [2.05, 4.69) is 25.7 Å². The summed E-state index contributed by atoms with van der Waals surface area (Å²) in [7, 11) is -3.94. The lowest BCUT2D eigenvalue weighted by molar-refractivity contribution is -0.123. The second kappa shape index (κ2) is 20.2. The third-order valence-corrected chi connectivity index (χ3v) is 11.6. The Hall–Kier alpha value is -3.91. The number of carbonyl (C=O) groups is 2. The quantitative estimate of drug-likeness (QED) is 0.0622. The molecule has 0 saturated heterocycles. The summed E-state index contributed by atoms with van der Waals surface area (Å²) in [6.07, 6.45) is 1.19. The van der Waals surface area contributed by atoms with Gasteiger partial charge in [-0.3, -0.25) is 9.78 Å². The molecule has 57 heavy (non-hydrogen) atoms. The van der Waals surface area contributed by atoms with Gasteiger partial charge in [0.2, 0.25) is 15.9 Å². The number of nitrogens with one attached hydrogen (secondary N) is 4. The van der Waals surface area contributed by atoms with Crippen LogP contribution in [0.5, 0.6) is 5.75 Å². The van der Waals surface area contributed by atoms with Crippen LogP contribution in [0.25, 0.3) is 11.1 Å². The van der Waals surface area contributed by atoms with Gasteiger partial charge in [0.05, 0.1) is 35.9 Å². The number of unbranched alkanes of at least 4 members (excludes halogenated alkanes) is 1. The van der Waals surface area contributed by atoms with Gasteiger partial charge in [-0.1, -0.05) is 35.9 Å². The first-order valence-corrected chi connectivity index (χ1v) is 20.9. The maximum atomic E-state index is 13.2. The maximum absolute atomic E-state index is 13.2. The minimum absolute atomic E-state index is 0.0246. The number of ether oxygens (including phenoxy) is 2. The molecular formula is C39H52ClN5O11S. The van der Waals surface area contributed by atoms with E-state index in [1.807, 2.05) is 36.5 Å². The Kier molecular flexibility index (Phi) is 15.6. The van der Waals surface area contributed by atoms with Crippen LogP contribution < -0.4 is 25.4 Å². The van der Waals surface area contributed by atoms with Crippen molar-refractivity contribution in [1.82, 2.24) is 25.7 Å². The van der Waals surface area contributed by atoms with Gasteiger partial charge in [-0.25, -0.2) is 17.9 Å². The van der Waals surface area contributed by atoms with E-state index in [9.17, 15) is 38.4 Å². The molecule has 0 spiro atoms. The van der Waals surface area contributed by atoms with E-state index in [0.29, 0.717) is 24.9 Å². The second-order valence-electron chi connectivity index (χ2n) is 14.3. The fourth-order valence-electron chi connectivity index (χ4n) is 6.20. The van der Waals surface area contributed by atoms with Gasteiger partial charge in [0, 0.05) is 48.2 Å². The van der Waals surface area contributed by atoms with Gasteiger partial charge >= 0.3 is 6.03 Å². The number of aliphatic hydroxyl groups is 5. The topological polar surface area (TPSA) is 249 Å². The van der Waals surface area contributed by atoms with E-state index in [4.69, 9.17) is 26.2 Å². The first-order valence-electron chi connectivity index (χ1n) is 19.1.